The Labute approximate surface area is 146 Å². The van der Waals surface area contributed by atoms with Gasteiger partial charge in [-0.15, -0.1) is 5.10 Å². The van der Waals surface area contributed by atoms with Gasteiger partial charge in [-0.2, -0.15) is 10.1 Å². The standard InChI is InChI=1S/C18H18ClN5/c1-3-13-7-4-5-9-16(13)22-18-23-17(11-20-24-18)21-15-10-6-8-14(19)12(15)2/h4-11H,3H2,1-2H3,(H2,21,22,23,24). The number of nitrogens with zero attached hydrogens (tertiary/aromatic N) is 3. The van der Waals surface area contributed by atoms with Gasteiger partial charge in [0.2, 0.25) is 5.95 Å². The highest BCUT2D eigenvalue weighted by molar-refractivity contribution is 6.31. The van der Waals surface area contributed by atoms with Gasteiger partial charge in [-0.05, 0) is 42.7 Å². The molecule has 0 saturated heterocycles. The minimum absolute atomic E-state index is 0.445. The fraction of sp³-hybridized carbons (Fsp3) is 0.167. The van der Waals surface area contributed by atoms with Crippen LogP contribution in [0.15, 0.2) is 48.7 Å². The zero-order valence-electron chi connectivity index (χ0n) is 13.5. The van der Waals surface area contributed by atoms with Gasteiger partial charge >= 0.3 is 0 Å². The number of aryl methyl sites for hydroxylation is 1. The van der Waals surface area contributed by atoms with E-state index >= 15 is 0 Å². The van der Waals surface area contributed by atoms with Crippen LogP contribution in [-0.2, 0) is 6.42 Å². The van der Waals surface area contributed by atoms with Crippen molar-refractivity contribution >= 4 is 34.7 Å². The molecule has 3 rings (SSSR count). The van der Waals surface area contributed by atoms with Crippen LogP contribution in [0.5, 0.6) is 0 Å². The van der Waals surface area contributed by atoms with Crippen LogP contribution in [0, 0.1) is 6.92 Å². The summed E-state index contributed by atoms with van der Waals surface area (Å²) in [6.07, 6.45) is 2.51. The third-order valence-corrected chi connectivity index (χ3v) is 4.14. The Bertz CT molecular complexity index is 850. The molecule has 0 bridgehead atoms. The molecule has 1 aromatic heterocycles. The summed E-state index contributed by atoms with van der Waals surface area (Å²) < 4.78 is 0. The molecular formula is C18H18ClN5. The number of nitrogens with one attached hydrogen (secondary N) is 2. The molecule has 0 saturated carbocycles. The number of hydrogen-bond acceptors (Lipinski definition) is 5. The van der Waals surface area contributed by atoms with Crippen LogP contribution in [-0.4, -0.2) is 15.2 Å². The van der Waals surface area contributed by atoms with Crippen molar-refractivity contribution in [3.63, 3.8) is 0 Å². The maximum absolute atomic E-state index is 6.15. The zero-order chi connectivity index (χ0) is 16.9. The second-order valence-electron chi connectivity index (χ2n) is 5.34. The number of hydrogen-bond donors (Lipinski definition) is 2. The van der Waals surface area contributed by atoms with Gasteiger partial charge < -0.3 is 10.6 Å². The molecule has 0 aliphatic carbocycles. The van der Waals surface area contributed by atoms with Crippen LogP contribution >= 0.6 is 11.6 Å². The van der Waals surface area contributed by atoms with E-state index in [0.717, 1.165) is 23.4 Å². The van der Waals surface area contributed by atoms with Crippen molar-refractivity contribution in [2.24, 2.45) is 0 Å². The van der Waals surface area contributed by atoms with Crippen LogP contribution in [0.4, 0.5) is 23.1 Å². The first-order chi connectivity index (χ1) is 11.7. The number of anilines is 4. The summed E-state index contributed by atoms with van der Waals surface area (Å²) in [5.41, 5.74) is 4.04. The van der Waals surface area contributed by atoms with Crippen molar-refractivity contribution in [2.45, 2.75) is 20.3 Å². The van der Waals surface area contributed by atoms with Gasteiger partial charge in [-0.25, -0.2) is 0 Å². The highest BCUT2D eigenvalue weighted by atomic mass is 35.5. The number of benzene rings is 2. The molecule has 24 heavy (non-hydrogen) atoms. The molecule has 0 atom stereocenters. The third-order valence-electron chi connectivity index (χ3n) is 3.73. The molecule has 2 N–H and O–H groups in total. The smallest absolute Gasteiger partial charge is 0.249 e. The normalized spacial score (nSPS) is 10.5. The summed E-state index contributed by atoms with van der Waals surface area (Å²) in [6.45, 7) is 4.06. The van der Waals surface area contributed by atoms with E-state index in [-0.39, 0.29) is 0 Å². The number of halogens is 1. The number of rotatable bonds is 5. The summed E-state index contributed by atoms with van der Waals surface area (Å²) in [5.74, 6) is 1.05. The first-order valence-corrected chi connectivity index (χ1v) is 8.12. The number of aromatic nitrogens is 3. The molecule has 0 aliphatic rings. The first-order valence-electron chi connectivity index (χ1n) is 7.74. The monoisotopic (exact) mass is 339 g/mol. The summed E-state index contributed by atoms with van der Waals surface area (Å²) in [5, 5.41) is 15.2. The largest absolute Gasteiger partial charge is 0.339 e. The highest BCUT2D eigenvalue weighted by Crippen LogP contribution is 2.26. The molecule has 0 radical (unpaired) electrons. The molecule has 0 amide bonds. The predicted molar refractivity (Wildman–Crippen MR) is 98.4 cm³/mol. The van der Waals surface area contributed by atoms with Gasteiger partial charge in [0.05, 0.1) is 6.20 Å². The van der Waals surface area contributed by atoms with E-state index in [2.05, 4.69) is 38.8 Å². The average molecular weight is 340 g/mol. The van der Waals surface area contributed by atoms with Gasteiger partial charge in [0.25, 0.3) is 0 Å². The topological polar surface area (TPSA) is 62.7 Å². The first kappa shape index (κ1) is 16.2. The van der Waals surface area contributed by atoms with Crippen molar-refractivity contribution in [1.82, 2.24) is 15.2 Å². The number of para-hydroxylation sites is 1. The quantitative estimate of drug-likeness (QED) is 0.693. The molecule has 6 heteroatoms. The van der Waals surface area contributed by atoms with Gasteiger partial charge in [0.15, 0.2) is 5.82 Å². The molecule has 0 unspecified atom stereocenters. The van der Waals surface area contributed by atoms with Crippen molar-refractivity contribution < 1.29 is 0 Å². The Hall–Kier alpha value is -2.66. The zero-order valence-corrected chi connectivity index (χ0v) is 14.3. The van der Waals surface area contributed by atoms with E-state index in [1.165, 1.54) is 5.56 Å². The second-order valence-corrected chi connectivity index (χ2v) is 5.75. The molecule has 0 aliphatic heterocycles. The summed E-state index contributed by atoms with van der Waals surface area (Å²) in [6, 6.07) is 13.8. The van der Waals surface area contributed by atoms with Crippen LogP contribution in [0.2, 0.25) is 5.02 Å². The van der Waals surface area contributed by atoms with E-state index in [1.54, 1.807) is 6.20 Å². The van der Waals surface area contributed by atoms with Crippen LogP contribution in [0.1, 0.15) is 18.1 Å². The predicted octanol–water partition coefficient (Wildman–Crippen LogP) is 4.88. The lowest BCUT2D eigenvalue weighted by Gasteiger charge is -2.12. The van der Waals surface area contributed by atoms with E-state index in [9.17, 15) is 0 Å². The lowest BCUT2D eigenvalue weighted by atomic mass is 10.1. The Morgan fingerprint density at radius 1 is 1.00 bits per heavy atom. The summed E-state index contributed by atoms with van der Waals surface area (Å²) in [4.78, 5) is 4.47. The van der Waals surface area contributed by atoms with E-state index in [1.807, 2.05) is 43.3 Å². The minimum Gasteiger partial charge on any atom is -0.339 e. The molecular weight excluding hydrogens is 322 g/mol. The molecule has 0 fully saturated rings. The lowest BCUT2D eigenvalue weighted by molar-refractivity contribution is 0.980. The van der Waals surface area contributed by atoms with Crippen LogP contribution in [0.3, 0.4) is 0 Å². The van der Waals surface area contributed by atoms with E-state index < -0.39 is 0 Å². The summed E-state index contributed by atoms with van der Waals surface area (Å²) in [7, 11) is 0. The van der Waals surface area contributed by atoms with Crippen molar-refractivity contribution in [3.05, 3.63) is 64.8 Å². The fourth-order valence-corrected chi connectivity index (χ4v) is 2.54. The summed E-state index contributed by atoms with van der Waals surface area (Å²) >= 11 is 6.15. The minimum atomic E-state index is 0.445. The molecule has 5 nitrogen and oxygen atoms in total. The molecule has 1 heterocycles. The molecule has 122 valence electrons. The van der Waals surface area contributed by atoms with Crippen LogP contribution < -0.4 is 10.6 Å². The third kappa shape index (κ3) is 3.63. The fourth-order valence-electron chi connectivity index (χ4n) is 2.37. The van der Waals surface area contributed by atoms with E-state index in [4.69, 9.17) is 11.6 Å². The lowest BCUT2D eigenvalue weighted by Crippen LogP contribution is -2.04. The van der Waals surface area contributed by atoms with Crippen molar-refractivity contribution in [3.8, 4) is 0 Å². The Balaban J connectivity index is 1.83. The average Bonchev–Trinajstić information content (AvgIpc) is 2.60. The van der Waals surface area contributed by atoms with Crippen molar-refractivity contribution in [2.75, 3.05) is 10.6 Å². The maximum Gasteiger partial charge on any atom is 0.249 e. The molecule has 0 spiro atoms. The second kappa shape index (κ2) is 7.27. The molecule has 2 aromatic carbocycles. The highest BCUT2D eigenvalue weighted by Gasteiger charge is 2.07. The van der Waals surface area contributed by atoms with Gasteiger partial charge in [-0.1, -0.05) is 42.8 Å². The Morgan fingerprint density at radius 3 is 2.62 bits per heavy atom. The van der Waals surface area contributed by atoms with Gasteiger partial charge in [0.1, 0.15) is 0 Å². The maximum atomic E-state index is 6.15. The Morgan fingerprint density at radius 2 is 1.79 bits per heavy atom. The van der Waals surface area contributed by atoms with Gasteiger partial charge in [0, 0.05) is 16.4 Å². The SMILES string of the molecule is CCc1ccccc1Nc1nncc(Nc2cccc(Cl)c2C)n1. The van der Waals surface area contributed by atoms with Crippen LogP contribution in [0.25, 0.3) is 0 Å². The van der Waals surface area contributed by atoms with Crippen molar-refractivity contribution in [1.29, 1.82) is 0 Å². The van der Waals surface area contributed by atoms with Gasteiger partial charge in [-0.3, -0.25) is 0 Å². The molecule has 3 aromatic rings. The van der Waals surface area contributed by atoms with E-state index in [0.29, 0.717) is 16.8 Å². The Kier molecular flexibility index (Phi) is 4.91.